The maximum Gasteiger partial charge on any atom is 0.416 e. The molecule has 258 valence electrons. The number of halogens is 4. The van der Waals surface area contributed by atoms with Crippen LogP contribution in [0.4, 0.5) is 17.6 Å². The zero-order valence-electron chi connectivity index (χ0n) is 27.7. The molecule has 2 aliphatic rings. The van der Waals surface area contributed by atoms with E-state index in [2.05, 4.69) is 23.7 Å². The van der Waals surface area contributed by atoms with Crippen molar-refractivity contribution in [1.29, 1.82) is 0 Å². The van der Waals surface area contributed by atoms with Crippen LogP contribution in [-0.4, -0.2) is 50.4 Å². The number of carbonyl (C=O) groups is 1. The number of hydrogen-bond donors (Lipinski definition) is 0. The van der Waals surface area contributed by atoms with Gasteiger partial charge >= 0.3 is 6.18 Å². The summed E-state index contributed by atoms with van der Waals surface area (Å²) < 4.78 is 54.6. The van der Waals surface area contributed by atoms with Crippen molar-refractivity contribution in [2.24, 2.45) is 0 Å². The highest BCUT2D eigenvalue weighted by Gasteiger charge is 2.32. The quantitative estimate of drug-likeness (QED) is 0.0967. The summed E-state index contributed by atoms with van der Waals surface area (Å²) in [6, 6.07) is 19.4. The maximum atomic E-state index is 14.4. The minimum atomic E-state index is -4.39. The van der Waals surface area contributed by atoms with Crippen molar-refractivity contribution < 1.29 is 22.4 Å². The molecule has 1 saturated heterocycles. The smallest absolute Gasteiger partial charge is 0.334 e. The molecule has 1 aliphatic heterocycles. The lowest BCUT2D eigenvalue weighted by molar-refractivity contribution is -0.138. The Morgan fingerprint density at radius 1 is 0.918 bits per heavy atom. The number of alkyl halides is 3. The Balaban J connectivity index is 1.25. The molecule has 1 amide bonds. The molecule has 1 aliphatic carbocycles. The second-order valence-electron chi connectivity index (χ2n) is 13.1. The number of hydrogen-bond acceptors (Lipinski definition) is 5. The van der Waals surface area contributed by atoms with Crippen LogP contribution in [0.3, 0.4) is 0 Å². The van der Waals surface area contributed by atoms with Gasteiger partial charge in [-0.2, -0.15) is 18.2 Å². The van der Waals surface area contributed by atoms with Gasteiger partial charge in [0, 0.05) is 48.7 Å². The molecule has 3 aromatic carbocycles. The monoisotopic (exact) mass is 692 g/mol. The standard InChI is InChI=1S/C38H40F4N4O2S/c1-25(2)44-20-18-32(19-21-44)45(22-26-6-10-28(11-7-26)29-12-14-30(15-13-29)38(40,41)42)35(47)23-46-34-5-3-4-33(34)36(48)43-37(46)49-24-27-8-16-31(39)17-9-27/h6-17,25,32H,3-5,18-24H2,1-2H3. The Morgan fingerprint density at radius 2 is 1.53 bits per heavy atom. The highest BCUT2D eigenvalue weighted by molar-refractivity contribution is 7.98. The fourth-order valence-corrected chi connectivity index (χ4v) is 7.77. The minimum Gasteiger partial charge on any atom is -0.334 e. The zero-order valence-corrected chi connectivity index (χ0v) is 28.5. The number of piperidine rings is 1. The second-order valence-corrected chi connectivity index (χ2v) is 14.1. The van der Waals surface area contributed by atoms with E-state index in [4.69, 9.17) is 0 Å². The lowest BCUT2D eigenvalue weighted by Crippen LogP contribution is -2.49. The van der Waals surface area contributed by atoms with Gasteiger partial charge in [-0.1, -0.05) is 60.3 Å². The van der Waals surface area contributed by atoms with Gasteiger partial charge in [0.25, 0.3) is 5.56 Å². The maximum absolute atomic E-state index is 14.4. The fourth-order valence-electron chi connectivity index (χ4n) is 6.80. The van der Waals surface area contributed by atoms with E-state index in [0.29, 0.717) is 47.5 Å². The fraction of sp³-hybridized carbons (Fsp3) is 0.395. The topological polar surface area (TPSA) is 58.4 Å². The van der Waals surface area contributed by atoms with Crippen molar-refractivity contribution in [2.45, 2.75) is 88.2 Å². The van der Waals surface area contributed by atoms with Crippen LogP contribution in [0.15, 0.2) is 82.7 Å². The lowest BCUT2D eigenvalue weighted by Gasteiger charge is -2.40. The van der Waals surface area contributed by atoms with E-state index in [1.807, 2.05) is 33.7 Å². The highest BCUT2D eigenvalue weighted by atomic mass is 32.2. The van der Waals surface area contributed by atoms with Gasteiger partial charge in [0.1, 0.15) is 12.4 Å². The predicted molar refractivity (Wildman–Crippen MR) is 184 cm³/mol. The van der Waals surface area contributed by atoms with E-state index in [-0.39, 0.29) is 29.9 Å². The minimum absolute atomic E-state index is 0.0211. The van der Waals surface area contributed by atoms with E-state index in [1.54, 1.807) is 12.1 Å². The summed E-state index contributed by atoms with van der Waals surface area (Å²) in [5.74, 6) is 0.0981. The molecule has 1 fully saturated rings. The van der Waals surface area contributed by atoms with Gasteiger partial charge < -0.3 is 14.4 Å². The third-order valence-electron chi connectivity index (χ3n) is 9.62. The SMILES string of the molecule is CC(C)N1CCC(N(Cc2ccc(-c3ccc(C(F)(F)F)cc3)cc2)C(=O)Cn2c(SCc3ccc(F)cc3)nc(=O)c3c2CCC3)CC1. The molecule has 0 N–H and O–H groups in total. The molecule has 0 saturated carbocycles. The van der Waals surface area contributed by atoms with Crippen LogP contribution in [0.25, 0.3) is 11.1 Å². The number of thioether (sulfide) groups is 1. The van der Waals surface area contributed by atoms with E-state index in [0.717, 1.165) is 66.9 Å². The second kappa shape index (κ2) is 14.9. The normalized spacial score (nSPS) is 15.5. The first-order valence-corrected chi connectivity index (χ1v) is 17.7. The molecule has 0 bridgehead atoms. The first-order valence-electron chi connectivity index (χ1n) is 16.8. The van der Waals surface area contributed by atoms with Gasteiger partial charge in [-0.05, 0) is 92.5 Å². The molecular formula is C38H40F4N4O2S. The van der Waals surface area contributed by atoms with Crippen LogP contribution in [0.5, 0.6) is 0 Å². The van der Waals surface area contributed by atoms with Crippen LogP contribution in [-0.2, 0) is 42.7 Å². The van der Waals surface area contributed by atoms with Crippen LogP contribution in [0, 0.1) is 5.82 Å². The summed E-state index contributed by atoms with van der Waals surface area (Å²) in [6.45, 7) is 6.55. The molecule has 1 aromatic heterocycles. The number of nitrogens with zero attached hydrogens (tertiary/aromatic N) is 4. The Morgan fingerprint density at radius 3 is 2.14 bits per heavy atom. The molecule has 11 heteroatoms. The van der Waals surface area contributed by atoms with Crippen LogP contribution >= 0.6 is 11.8 Å². The predicted octanol–water partition coefficient (Wildman–Crippen LogP) is 7.75. The van der Waals surface area contributed by atoms with Gasteiger partial charge in [0.15, 0.2) is 5.16 Å². The summed E-state index contributed by atoms with van der Waals surface area (Å²) in [6.07, 6.45) is -0.559. The molecular weight excluding hydrogens is 653 g/mol. The van der Waals surface area contributed by atoms with Crippen molar-refractivity contribution in [3.63, 3.8) is 0 Å². The Labute approximate surface area is 288 Å². The molecule has 6 nitrogen and oxygen atoms in total. The number of amides is 1. The number of likely N-dealkylation sites (tertiary alicyclic amines) is 1. The third kappa shape index (κ3) is 8.27. The largest absolute Gasteiger partial charge is 0.416 e. The summed E-state index contributed by atoms with van der Waals surface area (Å²) >= 11 is 1.37. The number of aromatic nitrogens is 2. The molecule has 0 atom stereocenters. The summed E-state index contributed by atoms with van der Waals surface area (Å²) in [7, 11) is 0. The van der Waals surface area contributed by atoms with Crippen molar-refractivity contribution in [3.8, 4) is 11.1 Å². The van der Waals surface area contributed by atoms with Crippen LogP contribution in [0.2, 0.25) is 0 Å². The lowest BCUT2D eigenvalue weighted by atomic mass is 9.99. The zero-order chi connectivity index (χ0) is 34.7. The summed E-state index contributed by atoms with van der Waals surface area (Å²) in [4.78, 5) is 36.2. The molecule has 49 heavy (non-hydrogen) atoms. The highest BCUT2D eigenvalue weighted by Crippen LogP contribution is 2.32. The van der Waals surface area contributed by atoms with Gasteiger partial charge in [0.05, 0.1) is 5.56 Å². The molecule has 0 radical (unpaired) electrons. The van der Waals surface area contributed by atoms with Gasteiger partial charge in [0.2, 0.25) is 5.91 Å². The third-order valence-corrected chi connectivity index (χ3v) is 10.7. The van der Waals surface area contributed by atoms with Gasteiger partial charge in [-0.3, -0.25) is 9.59 Å². The van der Waals surface area contributed by atoms with Crippen LogP contribution in [0.1, 0.15) is 61.1 Å². The molecule has 2 heterocycles. The van der Waals surface area contributed by atoms with E-state index in [9.17, 15) is 27.2 Å². The van der Waals surface area contributed by atoms with Crippen molar-refractivity contribution in [2.75, 3.05) is 13.1 Å². The van der Waals surface area contributed by atoms with E-state index >= 15 is 0 Å². The summed E-state index contributed by atoms with van der Waals surface area (Å²) in [5, 5.41) is 0.485. The summed E-state index contributed by atoms with van der Waals surface area (Å²) in [5.41, 5.74) is 3.88. The number of benzene rings is 3. The van der Waals surface area contributed by atoms with Crippen molar-refractivity contribution >= 4 is 17.7 Å². The van der Waals surface area contributed by atoms with Gasteiger partial charge in [-0.25, -0.2) is 4.39 Å². The number of rotatable bonds is 10. The van der Waals surface area contributed by atoms with E-state index in [1.165, 1.54) is 36.0 Å². The average Bonchev–Trinajstić information content (AvgIpc) is 3.59. The Bertz CT molecular complexity index is 1820. The van der Waals surface area contributed by atoms with Crippen molar-refractivity contribution in [1.82, 2.24) is 19.4 Å². The Kier molecular flexibility index (Phi) is 10.6. The number of fused-ring (bicyclic) bond motifs is 1. The Hall–Kier alpha value is -3.96. The number of carbonyl (C=O) groups excluding carboxylic acids is 1. The van der Waals surface area contributed by atoms with Crippen LogP contribution < -0.4 is 5.56 Å². The van der Waals surface area contributed by atoms with Gasteiger partial charge in [-0.15, -0.1) is 0 Å². The molecule has 0 unspecified atom stereocenters. The first kappa shape index (κ1) is 34.9. The van der Waals surface area contributed by atoms with E-state index < -0.39 is 11.7 Å². The molecule has 6 rings (SSSR count). The molecule has 0 spiro atoms. The molecule has 4 aromatic rings. The first-order chi connectivity index (χ1) is 23.5. The average molecular weight is 693 g/mol. The van der Waals surface area contributed by atoms with Crippen molar-refractivity contribution in [3.05, 3.63) is 117 Å².